The van der Waals surface area contributed by atoms with Gasteiger partial charge in [-0.1, -0.05) is 97.9 Å². The smallest absolute Gasteiger partial charge is 0.242 e. The highest BCUT2D eigenvalue weighted by atomic mass is 16.2. The molecule has 3 aromatic carbocycles. The summed E-state index contributed by atoms with van der Waals surface area (Å²) < 4.78 is 2.19. The molecule has 0 saturated heterocycles. The number of carbonyl (C=O) groups is 2. The molecule has 39 heavy (non-hydrogen) atoms. The van der Waals surface area contributed by atoms with Crippen LogP contribution in [0.2, 0.25) is 0 Å². The number of rotatable bonds is 12. The van der Waals surface area contributed by atoms with E-state index in [4.69, 9.17) is 0 Å². The average molecular weight is 522 g/mol. The lowest BCUT2D eigenvalue weighted by atomic mass is 9.94. The molecule has 5 heteroatoms. The van der Waals surface area contributed by atoms with Crippen LogP contribution in [-0.4, -0.2) is 38.8 Å². The number of nitrogens with zero attached hydrogens (tertiary/aromatic N) is 3. The fraction of sp³-hybridized carbons (Fsp3) is 0.294. The topological polar surface area (TPSA) is 45.6 Å². The molecule has 0 saturated carbocycles. The summed E-state index contributed by atoms with van der Waals surface area (Å²) in [7, 11) is 0. The Balaban J connectivity index is 1.56. The fourth-order valence-electron chi connectivity index (χ4n) is 4.96. The SMILES string of the molecule is CCC(C(=O)N(CC(=O)N(Cc1ccccc1)Cc1cccn1Cc1ccccc1)C(C)C)c1ccccc1. The lowest BCUT2D eigenvalue weighted by molar-refractivity contribution is -0.143. The Morgan fingerprint density at radius 3 is 1.92 bits per heavy atom. The van der Waals surface area contributed by atoms with E-state index >= 15 is 0 Å². The van der Waals surface area contributed by atoms with Crippen molar-refractivity contribution in [1.82, 2.24) is 14.4 Å². The third kappa shape index (κ3) is 7.47. The van der Waals surface area contributed by atoms with Crippen LogP contribution in [0.1, 0.15) is 55.5 Å². The third-order valence-corrected chi connectivity index (χ3v) is 7.16. The first-order valence-corrected chi connectivity index (χ1v) is 13.8. The fourth-order valence-corrected chi connectivity index (χ4v) is 4.96. The molecule has 1 unspecified atom stereocenters. The Labute approximate surface area is 232 Å². The Morgan fingerprint density at radius 1 is 0.744 bits per heavy atom. The van der Waals surface area contributed by atoms with Gasteiger partial charge in [-0.05, 0) is 49.1 Å². The van der Waals surface area contributed by atoms with Gasteiger partial charge in [0.15, 0.2) is 0 Å². The largest absolute Gasteiger partial charge is 0.345 e. The van der Waals surface area contributed by atoms with E-state index in [0.29, 0.717) is 19.5 Å². The first-order valence-electron chi connectivity index (χ1n) is 13.8. The summed E-state index contributed by atoms with van der Waals surface area (Å²) in [5.74, 6) is -0.331. The minimum atomic E-state index is -0.271. The summed E-state index contributed by atoms with van der Waals surface area (Å²) in [6.45, 7) is 7.72. The van der Waals surface area contributed by atoms with Gasteiger partial charge in [0.2, 0.25) is 11.8 Å². The number of hydrogen-bond donors (Lipinski definition) is 0. The molecular formula is C34H39N3O2. The minimum absolute atomic E-state index is 0.000774. The molecule has 4 rings (SSSR count). The summed E-state index contributed by atoms with van der Waals surface area (Å²) in [6, 6.07) is 34.2. The van der Waals surface area contributed by atoms with Crippen molar-refractivity contribution >= 4 is 11.8 Å². The van der Waals surface area contributed by atoms with Crippen LogP contribution in [0.3, 0.4) is 0 Å². The van der Waals surface area contributed by atoms with Gasteiger partial charge in [0.1, 0.15) is 6.54 Å². The van der Waals surface area contributed by atoms with Crippen molar-refractivity contribution in [2.24, 2.45) is 0 Å². The number of aromatic nitrogens is 1. The minimum Gasteiger partial charge on any atom is -0.345 e. The average Bonchev–Trinajstić information content (AvgIpc) is 3.39. The highest BCUT2D eigenvalue weighted by Crippen LogP contribution is 2.24. The van der Waals surface area contributed by atoms with Gasteiger partial charge in [-0.25, -0.2) is 0 Å². The maximum absolute atomic E-state index is 13.9. The zero-order chi connectivity index (χ0) is 27.6. The Hall–Kier alpha value is -4.12. The lowest BCUT2D eigenvalue weighted by Crippen LogP contribution is -2.47. The van der Waals surface area contributed by atoms with Crippen molar-refractivity contribution in [3.63, 3.8) is 0 Å². The van der Waals surface area contributed by atoms with Crippen molar-refractivity contribution < 1.29 is 9.59 Å². The first-order chi connectivity index (χ1) is 19.0. The van der Waals surface area contributed by atoms with Gasteiger partial charge in [-0.2, -0.15) is 0 Å². The molecule has 4 aromatic rings. The molecular weight excluding hydrogens is 482 g/mol. The number of benzene rings is 3. The maximum atomic E-state index is 13.9. The zero-order valence-corrected chi connectivity index (χ0v) is 23.2. The van der Waals surface area contributed by atoms with E-state index in [2.05, 4.69) is 29.0 Å². The van der Waals surface area contributed by atoms with E-state index in [1.54, 1.807) is 4.90 Å². The van der Waals surface area contributed by atoms with Crippen molar-refractivity contribution in [2.75, 3.05) is 6.54 Å². The number of amides is 2. The molecule has 0 spiro atoms. The van der Waals surface area contributed by atoms with E-state index in [0.717, 1.165) is 23.4 Å². The van der Waals surface area contributed by atoms with Crippen LogP contribution in [0.25, 0.3) is 0 Å². The number of carbonyl (C=O) groups excluding carboxylic acids is 2. The van der Waals surface area contributed by atoms with Crippen LogP contribution in [0.15, 0.2) is 109 Å². The molecule has 0 N–H and O–H groups in total. The maximum Gasteiger partial charge on any atom is 0.242 e. The summed E-state index contributed by atoms with van der Waals surface area (Å²) >= 11 is 0. The Bertz CT molecular complexity index is 1320. The second kappa shape index (κ2) is 13.6. The molecule has 0 bridgehead atoms. The molecule has 0 aliphatic rings. The van der Waals surface area contributed by atoms with Crippen molar-refractivity contribution in [3.8, 4) is 0 Å². The highest BCUT2D eigenvalue weighted by molar-refractivity contribution is 5.88. The van der Waals surface area contributed by atoms with Crippen LogP contribution in [0, 0.1) is 0 Å². The van der Waals surface area contributed by atoms with Crippen LogP contribution in [0.4, 0.5) is 0 Å². The standard InChI is InChI=1S/C34H39N3O2/c1-4-32(30-19-12-7-13-20-30)34(39)37(27(2)3)26-33(38)36(24-29-17-10-6-11-18-29)25-31-21-14-22-35(31)23-28-15-8-5-9-16-28/h5-22,27,32H,4,23-26H2,1-3H3. The van der Waals surface area contributed by atoms with E-state index in [1.807, 2.05) is 111 Å². The quantitative estimate of drug-likeness (QED) is 0.214. The molecule has 202 valence electrons. The molecule has 0 radical (unpaired) electrons. The summed E-state index contributed by atoms with van der Waals surface area (Å²) in [5, 5.41) is 0. The van der Waals surface area contributed by atoms with Gasteiger partial charge < -0.3 is 14.4 Å². The monoisotopic (exact) mass is 521 g/mol. The second-order valence-electron chi connectivity index (χ2n) is 10.3. The third-order valence-electron chi connectivity index (χ3n) is 7.16. The van der Waals surface area contributed by atoms with Gasteiger partial charge in [0, 0.05) is 31.0 Å². The normalized spacial score (nSPS) is 11.8. The number of hydrogen-bond acceptors (Lipinski definition) is 2. The summed E-state index contributed by atoms with van der Waals surface area (Å²) in [4.78, 5) is 31.3. The predicted octanol–water partition coefficient (Wildman–Crippen LogP) is 6.50. The zero-order valence-electron chi connectivity index (χ0n) is 23.2. The highest BCUT2D eigenvalue weighted by Gasteiger charge is 2.29. The second-order valence-corrected chi connectivity index (χ2v) is 10.3. The molecule has 2 amide bonds. The van der Waals surface area contributed by atoms with E-state index in [-0.39, 0.29) is 30.3 Å². The molecule has 1 aromatic heterocycles. The van der Waals surface area contributed by atoms with Crippen molar-refractivity contribution in [3.05, 3.63) is 132 Å². The Morgan fingerprint density at radius 2 is 1.33 bits per heavy atom. The van der Waals surface area contributed by atoms with Crippen LogP contribution < -0.4 is 0 Å². The summed E-state index contributed by atoms with van der Waals surface area (Å²) in [6.07, 6.45) is 2.74. The van der Waals surface area contributed by atoms with E-state index in [9.17, 15) is 9.59 Å². The van der Waals surface area contributed by atoms with Gasteiger partial charge in [-0.15, -0.1) is 0 Å². The van der Waals surface area contributed by atoms with Crippen LogP contribution in [-0.2, 0) is 29.2 Å². The van der Waals surface area contributed by atoms with Gasteiger partial charge in [0.25, 0.3) is 0 Å². The van der Waals surface area contributed by atoms with E-state index in [1.165, 1.54) is 5.56 Å². The van der Waals surface area contributed by atoms with Crippen molar-refractivity contribution in [1.29, 1.82) is 0 Å². The first kappa shape index (κ1) is 27.9. The van der Waals surface area contributed by atoms with Gasteiger partial charge in [0.05, 0.1) is 12.5 Å². The molecule has 0 aliphatic heterocycles. The summed E-state index contributed by atoms with van der Waals surface area (Å²) in [5.41, 5.74) is 4.31. The lowest BCUT2D eigenvalue weighted by Gasteiger charge is -2.33. The van der Waals surface area contributed by atoms with Crippen LogP contribution in [0.5, 0.6) is 0 Å². The van der Waals surface area contributed by atoms with Gasteiger partial charge in [-0.3, -0.25) is 9.59 Å². The molecule has 1 atom stereocenters. The molecule has 5 nitrogen and oxygen atoms in total. The predicted molar refractivity (Wildman–Crippen MR) is 157 cm³/mol. The molecule has 0 fully saturated rings. The van der Waals surface area contributed by atoms with E-state index < -0.39 is 0 Å². The van der Waals surface area contributed by atoms with Gasteiger partial charge >= 0.3 is 0 Å². The Kier molecular flexibility index (Phi) is 9.74. The molecule has 1 heterocycles. The molecule has 0 aliphatic carbocycles. The van der Waals surface area contributed by atoms with Crippen molar-refractivity contribution in [2.45, 2.75) is 58.8 Å². The van der Waals surface area contributed by atoms with Crippen LogP contribution >= 0.6 is 0 Å².